The van der Waals surface area contributed by atoms with Crippen LogP contribution in [0.1, 0.15) is 87.5 Å². The summed E-state index contributed by atoms with van der Waals surface area (Å²) in [5.41, 5.74) is -0.270. The Morgan fingerprint density at radius 3 is 1.81 bits per heavy atom. The highest BCUT2D eigenvalue weighted by molar-refractivity contribution is 5.91. The molecular formula is C25H46N2O4. The number of carboxylic acids is 1. The maximum absolute atomic E-state index is 13.4. The molecule has 0 aromatic carbocycles. The number of nitrogens with one attached hydrogen (secondary N) is 2. The molecule has 1 aliphatic rings. The molecule has 6 nitrogen and oxygen atoms in total. The highest BCUT2D eigenvalue weighted by Gasteiger charge is 2.44. The van der Waals surface area contributed by atoms with E-state index in [-0.39, 0.29) is 29.1 Å². The van der Waals surface area contributed by atoms with Crippen molar-refractivity contribution < 1.29 is 19.5 Å². The highest BCUT2D eigenvalue weighted by Crippen LogP contribution is 2.44. The van der Waals surface area contributed by atoms with E-state index in [9.17, 15) is 19.5 Å². The molecule has 0 spiro atoms. The van der Waals surface area contributed by atoms with E-state index in [4.69, 9.17) is 0 Å². The lowest BCUT2D eigenvalue weighted by atomic mass is 9.65. The Labute approximate surface area is 189 Å². The van der Waals surface area contributed by atoms with E-state index < -0.39 is 29.3 Å². The summed E-state index contributed by atoms with van der Waals surface area (Å²) >= 11 is 0. The predicted octanol–water partition coefficient (Wildman–Crippen LogP) is 4.48. The normalized spacial score (nSPS) is 23.0. The van der Waals surface area contributed by atoms with Gasteiger partial charge in [0.15, 0.2) is 0 Å². The summed E-state index contributed by atoms with van der Waals surface area (Å²) < 4.78 is 0. The molecule has 1 aliphatic carbocycles. The third kappa shape index (κ3) is 7.80. The molecule has 0 heterocycles. The van der Waals surface area contributed by atoms with Crippen LogP contribution < -0.4 is 10.6 Å². The minimum absolute atomic E-state index is 0.0151. The fourth-order valence-corrected chi connectivity index (χ4v) is 5.04. The van der Waals surface area contributed by atoms with E-state index in [1.165, 1.54) is 0 Å². The van der Waals surface area contributed by atoms with Gasteiger partial charge in [-0.15, -0.1) is 0 Å². The minimum Gasteiger partial charge on any atom is -0.481 e. The Bertz CT molecular complexity index is 622. The van der Waals surface area contributed by atoms with Crippen molar-refractivity contribution in [2.24, 2.45) is 40.4 Å². The van der Waals surface area contributed by atoms with Gasteiger partial charge >= 0.3 is 5.97 Å². The van der Waals surface area contributed by atoms with Gasteiger partial charge in [0, 0.05) is 7.05 Å². The number of hydrogen-bond acceptors (Lipinski definition) is 3. The summed E-state index contributed by atoms with van der Waals surface area (Å²) in [4.78, 5) is 38.3. The number of amides is 2. The van der Waals surface area contributed by atoms with Crippen molar-refractivity contribution >= 4 is 17.8 Å². The Kier molecular flexibility index (Phi) is 9.58. The molecule has 2 amide bonds. The molecule has 0 aliphatic heterocycles. The van der Waals surface area contributed by atoms with E-state index in [0.717, 1.165) is 25.7 Å². The molecule has 1 fully saturated rings. The topological polar surface area (TPSA) is 95.5 Å². The molecular weight excluding hydrogens is 392 g/mol. The molecule has 0 radical (unpaired) electrons. The van der Waals surface area contributed by atoms with Crippen molar-refractivity contribution in [1.29, 1.82) is 0 Å². The van der Waals surface area contributed by atoms with Gasteiger partial charge in [-0.05, 0) is 60.7 Å². The number of carbonyl (C=O) groups is 3. The van der Waals surface area contributed by atoms with Crippen LogP contribution in [0.25, 0.3) is 0 Å². The van der Waals surface area contributed by atoms with Crippen molar-refractivity contribution in [1.82, 2.24) is 10.6 Å². The summed E-state index contributed by atoms with van der Waals surface area (Å²) in [7, 11) is 1.55. The van der Waals surface area contributed by atoms with Crippen molar-refractivity contribution in [2.45, 2.75) is 93.5 Å². The van der Waals surface area contributed by atoms with Gasteiger partial charge in [0.2, 0.25) is 11.8 Å². The van der Waals surface area contributed by atoms with Crippen LogP contribution in [0.3, 0.4) is 0 Å². The molecule has 0 bridgehead atoms. The number of carbonyl (C=O) groups excluding carboxylic acids is 2. The number of rotatable bonds is 8. The molecule has 180 valence electrons. The largest absolute Gasteiger partial charge is 0.481 e. The zero-order valence-electron chi connectivity index (χ0n) is 21.2. The van der Waals surface area contributed by atoms with E-state index in [1.54, 1.807) is 7.05 Å². The summed E-state index contributed by atoms with van der Waals surface area (Å²) in [5, 5.41) is 15.7. The molecule has 31 heavy (non-hydrogen) atoms. The van der Waals surface area contributed by atoms with Crippen molar-refractivity contribution in [3.05, 3.63) is 0 Å². The summed E-state index contributed by atoms with van der Waals surface area (Å²) in [6, 6.07) is -0.717. The third-order valence-corrected chi connectivity index (χ3v) is 6.95. The first-order valence-corrected chi connectivity index (χ1v) is 11.8. The van der Waals surface area contributed by atoms with Crippen molar-refractivity contribution in [2.75, 3.05) is 7.05 Å². The first kappa shape index (κ1) is 27.4. The Morgan fingerprint density at radius 2 is 1.45 bits per heavy atom. The zero-order chi connectivity index (χ0) is 24.1. The first-order valence-electron chi connectivity index (χ1n) is 11.8. The van der Waals surface area contributed by atoms with Crippen LogP contribution >= 0.6 is 0 Å². The van der Waals surface area contributed by atoms with Crippen LogP contribution in [-0.4, -0.2) is 36.0 Å². The second-order valence-corrected chi connectivity index (χ2v) is 12.0. The van der Waals surface area contributed by atoms with E-state index in [2.05, 4.69) is 31.4 Å². The van der Waals surface area contributed by atoms with Gasteiger partial charge in [-0.25, -0.2) is 0 Å². The van der Waals surface area contributed by atoms with Gasteiger partial charge in [-0.2, -0.15) is 0 Å². The second-order valence-electron chi connectivity index (χ2n) is 12.0. The van der Waals surface area contributed by atoms with Crippen molar-refractivity contribution in [3.63, 3.8) is 0 Å². The van der Waals surface area contributed by atoms with Gasteiger partial charge in [0.25, 0.3) is 0 Å². The third-order valence-electron chi connectivity index (χ3n) is 6.95. The maximum atomic E-state index is 13.4. The van der Waals surface area contributed by atoms with Crippen molar-refractivity contribution in [3.8, 4) is 0 Å². The summed E-state index contributed by atoms with van der Waals surface area (Å²) in [5.74, 6) is -2.11. The van der Waals surface area contributed by atoms with Gasteiger partial charge in [0.05, 0.1) is 11.8 Å². The average Bonchev–Trinajstić information content (AvgIpc) is 2.63. The first-order chi connectivity index (χ1) is 14.1. The van der Waals surface area contributed by atoms with Gasteiger partial charge in [0.1, 0.15) is 6.04 Å². The lowest BCUT2D eigenvalue weighted by Gasteiger charge is -2.40. The Morgan fingerprint density at radius 1 is 0.935 bits per heavy atom. The molecule has 6 heteroatoms. The maximum Gasteiger partial charge on any atom is 0.307 e. The number of likely N-dealkylation sites (N-methyl/N-ethyl adjacent to an activating group) is 1. The molecule has 1 rings (SSSR count). The number of aliphatic carboxylic acids is 1. The van der Waals surface area contributed by atoms with Crippen LogP contribution in [0, 0.1) is 40.4 Å². The van der Waals surface area contributed by atoms with Crippen LogP contribution in [0.15, 0.2) is 0 Å². The molecule has 0 aromatic rings. The molecule has 3 atom stereocenters. The second kappa shape index (κ2) is 10.8. The number of hydrogen-bond donors (Lipinski definition) is 3. The summed E-state index contributed by atoms with van der Waals surface area (Å²) in [6.45, 7) is 16.4. The lowest BCUT2D eigenvalue weighted by molar-refractivity contribution is -0.152. The quantitative estimate of drug-likeness (QED) is 0.521. The Hall–Kier alpha value is -1.59. The molecule has 1 saturated carbocycles. The minimum atomic E-state index is -0.896. The predicted molar refractivity (Wildman–Crippen MR) is 124 cm³/mol. The van der Waals surface area contributed by atoms with Gasteiger partial charge < -0.3 is 15.7 Å². The average molecular weight is 439 g/mol. The molecule has 0 saturated heterocycles. The fourth-order valence-electron chi connectivity index (χ4n) is 5.04. The summed E-state index contributed by atoms with van der Waals surface area (Å²) in [6.07, 6.45) is 4.15. The fraction of sp³-hybridized carbons (Fsp3) is 0.880. The monoisotopic (exact) mass is 438 g/mol. The molecule has 0 aromatic heterocycles. The highest BCUT2D eigenvalue weighted by atomic mass is 16.4. The van der Waals surface area contributed by atoms with E-state index in [0.29, 0.717) is 12.3 Å². The number of carboxylic acid groups (broad SMARTS) is 1. The van der Waals surface area contributed by atoms with Crippen LogP contribution in [0.5, 0.6) is 0 Å². The molecule has 3 N–H and O–H groups in total. The SMILES string of the molecule is CNC(=O)C(NC(=O)C(CC(C)C)C(C(=O)O)C1CCC(C(C)(C)C)CC1)C(C)(C)C. The molecule has 3 unspecified atom stereocenters. The van der Waals surface area contributed by atoms with E-state index >= 15 is 0 Å². The van der Waals surface area contributed by atoms with Crippen LogP contribution in [-0.2, 0) is 14.4 Å². The zero-order valence-corrected chi connectivity index (χ0v) is 21.2. The standard InChI is InChI=1S/C25H46N2O4/c1-15(2)14-18(21(28)27-20(22(29)26-9)25(6,7)8)19(23(30)31)16-10-12-17(13-11-16)24(3,4)5/h15-20H,10-14H2,1-9H3,(H,26,29)(H,27,28)(H,30,31). The van der Waals surface area contributed by atoms with Gasteiger partial charge in [-0.3, -0.25) is 14.4 Å². The smallest absolute Gasteiger partial charge is 0.307 e. The van der Waals surface area contributed by atoms with E-state index in [1.807, 2.05) is 34.6 Å². The van der Waals surface area contributed by atoms with Crippen LogP contribution in [0.2, 0.25) is 0 Å². The van der Waals surface area contributed by atoms with Gasteiger partial charge in [-0.1, -0.05) is 55.4 Å². The Balaban J connectivity index is 3.14. The lowest BCUT2D eigenvalue weighted by Crippen LogP contribution is -2.55. The van der Waals surface area contributed by atoms with Crippen LogP contribution in [0.4, 0.5) is 0 Å².